The molecular weight excluding hydrogens is 654 g/mol. The first-order valence-corrected chi connectivity index (χ1v) is 15.5. The van der Waals surface area contributed by atoms with E-state index in [1.165, 1.54) is 0 Å². The Bertz CT molecular complexity index is 1760. The van der Waals surface area contributed by atoms with E-state index >= 15 is 0 Å². The predicted octanol–water partition coefficient (Wildman–Crippen LogP) is 12.7. The minimum Gasteiger partial charge on any atom is -0.309 e. The summed E-state index contributed by atoms with van der Waals surface area (Å²) in [4.78, 5) is 4.01. The zero-order valence-corrected chi connectivity index (χ0v) is 27.2. The second-order valence-corrected chi connectivity index (χ2v) is 11.6. The van der Waals surface area contributed by atoms with Gasteiger partial charge < -0.3 is 9.80 Å². The number of benzene rings is 6. The zero-order valence-electron chi connectivity index (χ0n) is 24.2. The third-order valence-corrected chi connectivity index (χ3v) is 7.88. The van der Waals surface area contributed by atoms with Gasteiger partial charge >= 0.3 is 0 Å². The molecule has 0 aromatic heterocycles. The van der Waals surface area contributed by atoms with Crippen molar-refractivity contribution in [1.29, 1.82) is 10.5 Å². The van der Waals surface area contributed by atoms with Gasteiger partial charge in [0.2, 0.25) is 0 Å². The number of nitriles is 2. The van der Waals surface area contributed by atoms with Crippen LogP contribution in [0.4, 0.5) is 34.1 Å². The maximum Gasteiger partial charge on any atom is 0.101 e. The topological polar surface area (TPSA) is 54.1 Å². The molecule has 224 valence electrons. The molecule has 0 heterocycles. The van der Waals surface area contributed by atoms with Crippen LogP contribution in [-0.4, -0.2) is 0 Å². The molecule has 46 heavy (non-hydrogen) atoms. The molecule has 0 N–H and O–H groups in total. The first-order valence-electron chi connectivity index (χ1n) is 14.0. The summed E-state index contributed by atoms with van der Waals surface area (Å²) in [6, 6.07) is 49.5. The number of hydrogen-bond acceptors (Lipinski definition) is 4. The highest BCUT2D eigenvalue weighted by Crippen LogP contribution is 2.38. The third kappa shape index (κ3) is 7.82. The van der Waals surface area contributed by atoms with Crippen molar-refractivity contribution < 1.29 is 0 Å². The van der Waals surface area contributed by atoms with Gasteiger partial charge in [-0.25, -0.2) is 0 Å². The van der Waals surface area contributed by atoms with Crippen molar-refractivity contribution >= 4 is 80.5 Å². The molecule has 0 radical (unpaired) electrons. The van der Waals surface area contributed by atoms with Crippen molar-refractivity contribution in [1.82, 2.24) is 0 Å². The lowest BCUT2D eigenvalue weighted by Crippen LogP contribution is -2.11. The Morgan fingerprint density at radius 1 is 0.348 bits per heavy atom. The van der Waals surface area contributed by atoms with E-state index in [1.54, 1.807) is 12.1 Å². The predicted molar refractivity (Wildman–Crippen MR) is 192 cm³/mol. The van der Waals surface area contributed by atoms with Gasteiger partial charge in [0.25, 0.3) is 0 Å². The van der Waals surface area contributed by atoms with Gasteiger partial charge in [-0.3, -0.25) is 0 Å². The van der Waals surface area contributed by atoms with Gasteiger partial charge in [-0.15, -0.1) is 0 Å². The van der Waals surface area contributed by atoms with Crippen LogP contribution >= 0.6 is 46.4 Å². The quantitative estimate of drug-likeness (QED) is 0.176. The monoisotopic (exact) mass is 676 g/mol. The molecule has 0 aliphatic rings. The normalized spacial score (nSPS) is 10.1. The summed E-state index contributed by atoms with van der Waals surface area (Å²) in [7, 11) is 0. The maximum absolute atomic E-state index is 9.43. The summed E-state index contributed by atoms with van der Waals surface area (Å²) in [6.07, 6.45) is 0. The number of rotatable bonds is 6. The number of anilines is 6. The van der Waals surface area contributed by atoms with Crippen LogP contribution in [0.15, 0.2) is 146 Å². The van der Waals surface area contributed by atoms with E-state index in [9.17, 15) is 10.5 Å². The Balaban J connectivity index is 0.000000181. The van der Waals surface area contributed by atoms with Gasteiger partial charge in [0.15, 0.2) is 0 Å². The molecule has 4 nitrogen and oxygen atoms in total. The molecule has 0 unspecified atom stereocenters. The molecule has 0 saturated carbocycles. The average Bonchev–Trinajstić information content (AvgIpc) is 3.09. The highest BCUT2D eigenvalue weighted by molar-refractivity contribution is 6.31. The summed E-state index contributed by atoms with van der Waals surface area (Å²) < 4.78 is 0. The Labute approximate surface area is 288 Å². The minimum absolute atomic E-state index is 0.595. The molecule has 0 aliphatic carbocycles. The van der Waals surface area contributed by atoms with Crippen LogP contribution in [0, 0.1) is 22.7 Å². The fourth-order valence-corrected chi connectivity index (χ4v) is 5.25. The van der Waals surface area contributed by atoms with Crippen LogP contribution in [-0.2, 0) is 0 Å². The van der Waals surface area contributed by atoms with E-state index in [0.717, 1.165) is 34.1 Å². The molecule has 8 heteroatoms. The van der Waals surface area contributed by atoms with E-state index in [1.807, 2.05) is 143 Å². The van der Waals surface area contributed by atoms with E-state index in [0.29, 0.717) is 31.2 Å². The van der Waals surface area contributed by atoms with E-state index < -0.39 is 0 Å². The highest BCUT2D eigenvalue weighted by atomic mass is 35.5. The second-order valence-electron chi connectivity index (χ2n) is 9.83. The lowest BCUT2D eigenvalue weighted by Gasteiger charge is -2.26. The van der Waals surface area contributed by atoms with Crippen LogP contribution < -0.4 is 9.80 Å². The van der Waals surface area contributed by atoms with E-state index in [2.05, 4.69) is 12.1 Å². The molecule has 6 rings (SSSR count). The Hall–Kier alpha value is -4.94. The third-order valence-electron chi connectivity index (χ3n) is 6.87. The molecule has 0 fully saturated rings. The van der Waals surface area contributed by atoms with Gasteiger partial charge in [0.1, 0.15) is 12.1 Å². The second kappa shape index (κ2) is 15.4. The number of hydrogen-bond donors (Lipinski definition) is 0. The summed E-state index contributed by atoms with van der Waals surface area (Å²) in [5.41, 5.74) is 6.46. The zero-order chi connectivity index (χ0) is 32.5. The Morgan fingerprint density at radius 3 is 0.826 bits per heavy atom. The van der Waals surface area contributed by atoms with Crippen molar-refractivity contribution in [2.45, 2.75) is 0 Å². The summed E-state index contributed by atoms with van der Waals surface area (Å²) >= 11 is 24.0. The molecular formula is C38H24Cl4N4. The minimum atomic E-state index is 0.595. The van der Waals surface area contributed by atoms with Crippen molar-refractivity contribution in [3.05, 3.63) is 177 Å². The van der Waals surface area contributed by atoms with Crippen molar-refractivity contribution in [2.75, 3.05) is 9.80 Å². The lowest BCUT2D eigenvalue weighted by atomic mass is 10.1. The molecule has 0 bridgehead atoms. The average molecular weight is 678 g/mol. The van der Waals surface area contributed by atoms with E-state index in [4.69, 9.17) is 46.4 Å². The summed E-state index contributed by atoms with van der Waals surface area (Å²) in [5.74, 6) is 0. The van der Waals surface area contributed by atoms with Crippen LogP contribution in [0.25, 0.3) is 0 Å². The summed E-state index contributed by atoms with van der Waals surface area (Å²) in [6.45, 7) is 0. The van der Waals surface area contributed by atoms with Gasteiger partial charge in [0, 0.05) is 42.8 Å². The molecule has 0 spiro atoms. The largest absolute Gasteiger partial charge is 0.309 e. The van der Waals surface area contributed by atoms with Crippen LogP contribution in [0.1, 0.15) is 11.1 Å². The standard InChI is InChI=1S/2C19H12Cl2N2/c2*20-15-5-9-17(10-6-15)23(18-11-7-16(21)8-12-18)19-4-2-1-3-14(19)13-22/h2*1-12H. The first kappa shape index (κ1) is 32.5. The Morgan fingerprint density at radius 2 is 0.587 bits per heavy atom. The summed E-state index contributed by atoms with van der Waals surface area (Å²) in [5, 5.41) is 21.5. The first-order chi connectivity index (χ1) is 22.4. The van der Waals surface area contributed by atoms with Gasteiger partial charge in [-0.2, -0.15) is 10.5 Å². The highest BCUT2D eigenvalue weighted by Gasteiger charge is 2.17. The van der Waals surface area contributed by atoms with E-state index in [-0.39, 0.29) is 0 Å². The van der Waals surface area contributed by atoms with Crippen molar-refractivity contribution in [3.63, 3.8) is 0 Å². The van der Waals surface area contributed by atoms with Gasteiger partial charge in [0.05, 0.1) is 22.5 Å². The SMILES string of the molecule is N#Cc1ccccc1N(c1ccc(Cl)cc1)c1ccc(Cl)cc1.N#Cc1ccccc1N(c1ccc(Cl)cc1)c1ccc(Cl)cc1. The molecule has 0 aliphatic heterocycles. The molecule has 6 aromatic rings. The fraction of sp³-hybridized carbons (Fsp3) is 0. The molecule has 0 amide bonds. The van der Waals surface area contributed by atoms with Gasteiger partial charge in [-0.1, -0.05) is 70.7 Å². The number of para-hydroxylation sites is 2. The van der Waals surface area contributed by atoms with Crippen LogP contribution in [0.2, 0.25) is 20.1 Å². The van der Waals surface area contributed by atoms with Crippen LogP contribution in [0.5, 0.6) is 0 Å². The number of halogens is 4. The Kier molecular flexibility index (Phi) is 10.8. The maximum atomic E-state index is 9.43. The van der Waals surface area contributed by atoms with Gasteiger partial charge in [-0.05, 0) is 121 Å². The fourth-order valence-electron chi connectivity index (χ4n) is 4.74. The lowest BCUT2D eigenvalue weighted by molar-refractivity contribution is 1.27. The van der Waals surface area contributed by atoms with Crippen molar-refractivity contribution in [2.24, 2.45) is 0 Å². The smallest absolute Gasteiger partial charge is 0.101 e. The molecule has 6 aromatic carbocycles. The number of nitrogens with zero attached hydrogens (tertiary/aromatic N) is 4. The molecule has 0 saturated heterocycles. The van der Waals surface area contributed by atoms with Crippen molar-refractivity contribution in [3.8, 4) is 12.1 Å². The van der Waals surface area contributed by atoms with Crippen LogP contribution in [0.3, 0.4) is 0 Å². The molecule has 0 atom stereocenters.